The summed E-state index contributed by atoms with van der Waals surface area (Å²) in [6.07, 6.45) is 4.86. The molecule has 2 aromatic heterocycles. The molecule has 4 rings (SSSR count). The quantitative estimate of drug-likeness (QED) is 0.783. The van der Waals surface area contributed by atoms with Gasteiger partial charge in [0.25, 0.3) is 0 Å². The lowest BCUT2D eigenvalue weighted by Gasteiger charge is -2.20. The second-order valence-electron chi connectivity index (χ2n) is 6.21. The van der Waals surface area contributed by atoms with Crippen LogP contribution in [0.2, 0.25) is 0 Å². The summed E-state index contributed by atoms with van der Waals surface area (Å²) in [4.78, 5) is 9.24. The largest absolute Gasteiger partial charge is 0.369 e. The van der Waals surface area contributed by atoms with E-state index in [9.17, 15) is 0 Å². The summed E-state index contributed by atoms with van der Waals surface area (Å²) in [5, 5.41) is 3.63. The standard InChI is InChI=1S/C18H23N5O/c1-3-23-10-9-19-18(23)17-14(8-11-24-17)20-12-16-21-13-6-4-5-7-15(13)22(16)2/h4-7,9-10,14,17,20H,3,8,11-12H2,1-2H3/t14-,17-/m0/s1. The number of hydrogen-bond acceptors (Lipinski definition) is 4. The van der Waals surface area contributed by atoms with Gasteiger partial charge < -0.3 is 19.2 Å². The minimum absolute atomic E-state index is 0.00892. The highest BCUT2D eigenvalue weighted by molar-refractivity contribution is 5.75. The van der Waals surface area contributed by atoms with Crippen LogP contribution in [0, 0.1) is 0 Å². The molecule has 1 N–H and O–H groups in total. The van der Waals surface area contributed by atoms with Crippen LogP contribution in [-0.4, -0.2) is 31.8 Å². The molecular formula is C18H23N5O. The molecule has 6 heteroatoms. The molecule has 126 valence electrons. The first-order chi connectivity index (χ1) is 11.8. The van der Waals surface area contributed by atoms with Crippen LogP contribution in [0.3, 0.4) is 0 Å². The first-order valence-corrected chi connectivity index (χ1v) is 8.54. The lowest BCUT2D eigenvalue weighted by Crippen LogP contribution is -2.33. The van der Waals surface area contributed by atoms with Gasteiger partial charge in [-0.25, -0.2) is 9.97 Å². The second-order valence-corrected chi connectivity index (χ2v) is 6.21. The van der Waals surface area contributed by atoms with Crippen molar-refractivity contribution in [1.82, 2.24) is 24.4 Å². The summed E-state index contributed by atoms with van der Waals surface area (Å²) in [5.41, 5.74) is 2.20. The first-order valence-electron chi connectivity index (χ1n) is 8.54. The van der Waals surface area contributed by atoms with E-state index in [4.69, 9.17) is 9.72 Å². The molecule has 0 bridgehead atoms. The normalized spacial score (nSPS) is 20.9. The summed E-state index contributed by atoms with van der Waals surface area (Å²) < 4.78 is 10.3. The molecule has 1 fully saturated rings. The fraction of sp³-hybridized carbons (Fsp3) is 0.444. The highest BCUT2D eigenvalue weighted by Gasteiger charge is 2.32. The highest BCUT2D eigenvalue weighted by Crippen LogP contribution is 2.28. The number of para-hydroxylation sites is 2. The van der Waals surface area contributed by atoms with Crippen LogP contribution in [0.5, 0.6) is 0 Å². The molecule has 2 atom stereocenters. The zero-order chi connectivity index (χ0) is 16.5. The van der Waals surface area contributed by atoms with Crippen molar-refractivity contribution in [2.45, 2.75) is 38.6 Å². The Morgan fingerprint density at radius 2 is 2.21 bits per heavy atom. The van der Waals surface area contributed by atoms with Crippen molar-refractivity contribution >= 4 is 11.0 Å². The molecule has 1 aliphatic rings. The zero-order valence-corrected chi connectivity index (χ0v) is 14.1. The fourth-order valence-corrected chi connectivity index (χ4v) is 3.47. The Labute approximate surface area is 141 Å². The molecule has 3 aromatic rings. The molecule has 0 unspecified atom stereocenters. The SMILES string of the molecule is CCn1ccnc1[C@H]1OCC[C@@H]1NCc1nc2ccccc2n1C. The van der Waals surface area contributed by atoms with E-state index < -0.39 is 0 Å². The van der Waals surface area contributed by atoms with E-state index in [1.165, 1.54) is 0 Å². The van der Waals surface area contributed by atoms with E-state index in [0.717, 1.165) is 48.8 Å². The molecule has 0 amide bonds. The summed E-state index contributed by atoms with van der Waals surface area (Å²) in [6.45, 7) is 4.53. The molecule has 0 aliphatic carbocycles. The Balaban J connectivity index is 1.51. The topological polar surface area (TPSA) is 56.9 Å². The van der Waals surface area contributed by atoms with Crippen molar-refractivity contribution in [1.29, 1.82) is 0 Å². The molecule has 6 nitrogen and oxygen atoms in total. The number of imidazole rings is 2. The average Bonchev–Trinajstić information content (AvgIpc) is 3.31. The lowest BCUT2D eigenvalue weighted by atomic mass is 10.1. The molecule has 0 radical (unpaired) electrons. The van der Waals surface area contributed by atoms with Gasteiger partial charge in [-0.3, -0.25) is 0 Å². The van der Waals surface area contributed by atoms with E-state index >= 15 is 0 Å². The Morgan fingerprint density at radius 3 is 3.04 bits per heavy atom. The summed E-state index contributed by atoms with van der Waals surface area (Å²) in [5.74, 6) is 2.05. The molecule has 1 aromatic carbocycles. The minimum Gasteiger partial charge on any atom is -0.369 e. The highest BCUT2D eigenvalue weighted by atomic mass is 16.5. The smallest absolute Gasteiger partial charge is 0.139 e. The van der Waals surface area contributed by atoms with Gasteiger partial charge in [0, 0.05) is 38.6 Å². The van der Waals surface area contributed by atoms with Crippen molar-refractivity contribution < 1.29 is 4.74 Å². The van der Waals surface area contributed by atoms with Gasteiger partial charge in [0.2, 0.25) is 0 Å². The maximum atomic E-state index is 5.96. The van der Waals surface area contributed by atoms with Crippen molar-refractivity contribution in [2.24, 2.45) is 7.05 Å². The van der Waals surface area contributed by atoms with Gasteiger partial charge in [-0.2, -0.15) is 0 Å². The van der Waals surface area contributed by atoms with E-state index in [-0.39, 0.29) is 12.1 Å². The van der Waals surface area contributed by atoms with Gasteiger partial charge >= 0.3 is 0 Å². The van der Waals surface area contributed by atoms with E-state index in [1.54, 1.807) is 0 Å². The predicted octanol–water partition coefficient (Wildman–Crippen LogP) is 2.41. The minimum atomic E-state index is 0.00892. The molecule has 1 saturated heterocycles. The number of ether oxygens (including phenoxy) is 1. The van der Waals surface area contributed by atoms with Crippen LogP contribution in [0.1, 0.15) is 31.1 Å². The summed E-state index contributed by atoms with van der Waals surface area (Å²) >= 11 is 0. The third-order valence-electron chi connectivity index (χ3n) is 4.84. The first kappa shape index (κ1) is 15.4. The monoisotopic (exact) mass is 325 g/mol. The van der Waals surface area contributed by atoms with Crippen LogP contribution in [-0.2, 0) is 24.9 Å². The van der Waals surface area contributed by atoms with Crippen LogP contribution in [0.25, 0.3) is 11.0 Å². The van der Waals surface area contributed by atoms with E-state index in [0.29, 0.717) is 0 Å². The molecule has 0 spiro atoms. The van der Waals surface area contributed by atoms with Crippen LogP contribution in [0.15, 0.2) is 36.7 Å². The van der Waals surface area contributed by atoms with Crippen molar-refractivity contribution in [3.63, 3.8) is 0 Å². The number of aromatic nitrogens is 4. The maximum Gasteiger partial charge on any atom is 0.139 e. The molecular weight excluding hydrogens is 302 g/mol. The Kier molecular flexibility index (Phi) is 4.08. The van der Waals surface area contributed by atoms with E-state index in [1.807, 2.05) is 24.5 Å². The van der Waals surface area contributed by atoms with Crippen molar-refractivity contribution in [3.8, 4) is 0 Å². The summed E-state index contributed by atoms with van der Waals surface area (Å²) in [7, 11) is 2.07. The van der Waals surface area contributed by atoms with Gasteiger partial charge in [-0.15, -0.1) is 0 Å². The van der Waals surface area contributed by atoms with Gasteiger partial charge in [-0.05, 0) is 25.5 Å². The van der Waals surface area contributed by atoms with Crippen LogP contribution >= 0.6 is 0 Å². The Morgan fingerprint density at radius 1 is 1.33 bits per heavy atom. The zero-order valence-electron chi connectivity index (χ0n) is 14.1. The number of fused-ring (bicyclic) bond motifs is 1. The molecule has 0 saturated carbocycles. The fourth-order valence-electron chi connectivity index (χ4n) is 3.47. The van der Waals surface area contributed by atoms with E-state index in [2.05, 4.69) is 45.5 Å². The van der Waals surface area contributed by atoms with Crippen molar-refractivity contribution in [2.75, 3.05) is 6.61 Å². The number of benzene rings is 1. The lowest BCUT2D eigenvalue weighted by molar-refractivity contribution is 0.0884. The number of hydrogen-bond donors (Lipinski definition) is 1. The van der Waals surface area contributed by atoms with Crippen molar-refractivity contribution in [3.05, 3.63) is 48.3 Å². The number of aryl methyl sites for hydroxylation is 2. The van der Waals surface area contributed by atoms with Crippen LogP contribution < -0.4 is 5.32 Å². The number of rotatable bonds is 5. The Hall–Kier alpha value is -2.18. The molecule has 1 aliphatic heterocycles. The summed E-state index contributed by atoms with van der Waals surface area (Å²) in [6, 6.07) is 8.49. The maximum absolute atomic E-state index is 5.96. The third kappa shape index (κ3) is 2.61. The predicted molar refractivity (Wildman–Crippen MR) is 92.6 cm³/mol. The second kappa shape index (κ2) is 6.37. The van der Waals surface area contributed by atoms with Gasteiger partial charge in [0.15, 0.2) is 0 Å². The molecule has 24 heavy (non-hydrogen) atoms. The van der Waals surface area contributed by atoms with Gasteiger partial charge in [0.05, 0.1) is 17.6 Å². The Bertz CT molecular complexity index is 837. The van der Waals surface area contributed by atoms with Gasteiger partial charge in [-0.1, -0.05) is 12.1 Å². The molecule has 3 heterocycles. The number of nitrogens with one attached hydrogen (secondary N) is 1. The average molecular weight is 325 g/mol. The van der Waals surface area contributed by atoms with Crippen LogP contribution in [0.4, 0.5) is 0 Å². The third-order valence-corrected chi connectivity index (χ3v) is 4.84. The number of nitrogens with zero attached hydrogens (tertiary/aromatic N) is 4. The van der Waals surface area contributed by atoms with Gasteiger partial charge in [0.1, 0.15) is 17.8 Å².